The maximum Gasteiger partial charge on any atom is 0.363 e. The topological polar surface area (TPSA) is 38.7 Å². The van der Waals surface area contributed by atoms with Gasteiger partial charge in [-0.05, 0) is 42.2 Å². The summed E-state index contributed by atoms with van der Waals surface area (Å²) in [4.78, 5) is 16.4. The van der Waals surface area contributed by atoms with Crippen LogP contribution in [-0.2, 0) is 16.0 Å². The van der Waals surface area contributed by atoms with Gasteiger partial charge in [-0.3, -0.25) is 0 Å². The van der Waals surface area contributed by atoms with Gasteiger partial charge in [0.15, 0.2) is 5.70 Å². The lowest BCUT2D eigenvalue weighted by molar-refractivity contribution is -0.130. The predicted octanol–water partition coefficient (Wildman–Crippen LogP) is 5.71. The third-order valence-electron chi connectivity index (χ3n) is 4.48. The van der Waals surface area contributed by atoms with Crippen molar-refractivity contribution in [3.8, 4) is 0 Å². The highest BCUT2D eigenvalue weighted by molar-refractivity contribution is 6.11. The number of benzene rings is 2. The molecule has 1 aliphatic heterocycles. The number of carbonyl (C=O) groups is 1. The molecule has 0 atom stereocenters. The van der Waals surface area contributed by atoms with E-state index in [9.17, 15) is 4.79 Å². The summed E-state index contributed by atoms with van der Waals surface area (Å²) in [6, 6.07) is 18.1. The molecule has 0 fully saturated rings. The van der Waals surface area contributed by atoms with Crippen molar-refractivity contribution >= 4 is 17.9 Å². The van der Waals surface area contributed by atoms with Crippen LogP contribution in [-0.4, -0.2) is 11.9 Å². The molecule has 0 N–H and O–H groups in total. The van der Waals surface area contributed by atoms with Crippen LogP contribution in [0.5, 0.6) is 0 Å². The Labute approximate surface area is 161 Å². The van der Waals surface area contributed by atoms with Crippen molar-refractivity contribution in [2.24, 2.45) is 4.99 Å². The molecule has 3 nitrogen and oxygen atoms in total. The summed E-state index contributed by atoms with van der Waals surface area (Å²) in [5.41, 5.74) is 3.53. The van der Waals surface area contributed by atoms with E-state index in [1.807, 2.05) is 54.6 Å². The standard InChI is InChI=1S/C24H25NO2/c1-2-3-4-6-12-20-15-17-21(18-16-20)23-25-22(24(26)27-23)14-9-13-19-10-7-5-8-11-19/h5,7-11,13-18H,2-4,6,12H2,1H3/b13-9+,22-14-. The Balaban J connectivity index is 1.63. The third-order valence-corrected chi connectivity index (χ3v) is 4.48. The van der Waals surface area contributed by atoms with Gasteiger partial charge in [-0.1, -0.05) is 80.8 Å². The van der Waals surface area contributed by atoms with Gasteiger partial charge in [0, 0.05) is 5.56 Å². The molecule has 0 saturated heterocycles. The van der Waals surface area contributed by atoms with Gasteiger partial charge in [0.05, 0.1) is 0 Å². The number of rotatable bonds is 8. The molecule has 0 saturated carbocycles. The van der Waals surface area contributed by atoms with E-state index in [0.717, 1.165) is 17.5 Å². The molecule has 0 amide bonds. The molecule has 27 heavy (non-hydrogen) atoms. The Hall–Kier alpha value is -2.94. The first-order valence-electron chi connectivity index (χ1n) is 9.60. The second kappa shape index (κ2) is 9.67. The van der Waals surface area contributed by atoms with Gasteiger partial charge in [0.1, 0.15) is 0 Å². The summed E-state index contributed by atoms with van der Waals surface area (Å²) < 4.78 is 5.32. The molecule has 0 spiro atoms. The fourth-order valence-corrected chi connectivity index (χ4v) is 2.93. The average Bonchev–Trinajstić information content (AvgIpc) is 3.07. The van der Waals surface area contributed by atoms with Crippen LogP contribution in [0.4, 0.5) is 0 Å². The SMILES string of the molecule is CCCCCCc1ccc(C2=N/C(=C\C=C\c3ccccc3)C(=O)O2)cc1. The number of carbonyl (C=O) groups excluding carboxylic acids is 1. The largest absolute Gasteiger partial charge is 0.402 e. The van der Waals surface area contributed by atoms with Crippen molar-refractivity contribution in [3.63, 3.8) is 0 Å². The molecule has 2 aromatic rings. The quantitative estimate of drug-likeness (QED) is 0.344. The molecule has 3 rings (SSSR count). The molecule has 2 aromatic carbocycles. The van der Waals surface area contributed by atoms with E-state index in [1.165, 1.54) is 31.2 Å². The van der Waals surface area contributed by atoms with E-state index < -0.39 is 5.97 Å². The number of hydrogen-bond donors (Lipinski definition) is 0. The fraction of sp³-hybridized carbons (Fsp3) is 0.250. The van der Waals surface area contributed by atoms with Gasteiger partial charge in [0.25, 0.3) is 0 Å². The molecule has 0 radical (unpaired) electrons. The van der Waals surface area contributed by atoms with Crippen molar-refractivity contribution in [2.75, 3.05) is 0 Å². The number of nitrogens with zero attached hydrogens (tertiary/aromatic N) is 1. The number of hydrogen-bond acceptors (Lipinski definition) is 3. The minimum Gasteiger partial charge on any atom is -0.402 e. The summed E-state index contributed by atoms with van der Waals surface area (Å²) in [6.07, 6.45) is 11.5. The summed E-state index contributed by atoms with van der Waals surface area (Å²) in [7, 11) is 0. The zero-order chi connectivity index (χ0) is 18.9. The van der Waals surface area contributed by atoms with Crippen molar-refractivity contribution in [1.29, 1.82) is 0 Å². The van der Waals surface area contributed by atoms with E-state index in [2.05, 4.69) is 24.0 Å². The lowest BCUT2D eigenvalue weighted by atomic mass is 10.0. The van der Waals surface area contributed by atoms with Gasteiger partial charge in [-0.2, -0.15) is 0 Å². The Morgan fingerprint density at radius 1 is 0.963 bits per heavy atom. The molecular weight excluding hydrogens is 334 g/mol. The molecule has 0 aromatic heterocycles. The summed E-state index contributed by atoms with van der Waals surface area (Å²) in [6.45, 7) is 2.22. The third kappa shape index (κ3) is 5.52. The van der Waals surface area contributed by atoms with E-state index in [4.69, 9.17) is 4.74 Å². The maximum atomic E-state index is 12.0. The van der Waals surface area contributed by atoms with E-state index in [-0.39, 0.29) is 0 Å². The molecular formula is C24H25NO2. The van der Waals surface area contributed by atoms with Crippen LogP contribution in [0.2, 0.25) is 0 Å². The molecule has 138 valence electrons. The minimum atomic E-state index is -0.411. The summed E-state index contributed by atoms with van der Waals surface area (Å²) in [5.74, 6) is -0.0387. The average molecular weight is 359 g/mol. The fourth-order valence-electron chi connectivity index (χ4n) is 2.93. The second-order valence-electron chi connectivity index (χ2n) is 6.64. The highest BCUT2D eigenvalue weighted by Crippen LogP contribution is 2.18. The Morgan fingerprint density at radius 3 is 2.48 bits per heavy atom. The number of esters is 1. The predicted molar refractivity (Wildman–Crippen MR) is 110 cm³/mol. The van der Waals surface area contributed by atoms with Crippen LogP contribution >= 0.6 is 0 Å². The maximum absolute atomic E-state index is 12.0. The van der Waals surface area contributed by atoms with Crippen LogP contribution in [0.1, 0.15) is 49.3 Å². The number of unbranched alkanes of at least 4 members (excludes halogenated alkanes) is 3. The smallest absolute Gasteiger partial charge is 0.363 e. The summed E-state index contributed by atoms with van der Waals surface area (Å²) >= 11 is 0. The molecule has 0 bridgehead atoms. The van der Waals surface area contributed by atoms with Crippen LogP contribution < -0.4 is 0 Å². The van der Waals surface area contributed by atoms with Crippen LogP contribution in [0.15, 0.2) is 77.4 Å². The molecule has 0 unspecified atom stereocenters. The Morgan fingerprint density at radius 2 is 1.74 bits per heavy atom. The number of allylic oxidation sites excluding steroid dienone is 2. The monoisotopic (exact) mass is 359 g/mol. The number of aliphatic imine (C=N–C) groups is 1. The van der Waals surface area contributed by atoms with Crippen LogP contribution in [0.3, 0.4) is 0 Å². The summed E-state index contributed by atoms with van der Waals surface area (Å²) in [5, 5.41) is 0. The van der Waals surface area contributed by atoms with Crippen LogP contribution in [0, 0.1) is 0 Å². The lowest BCUT2D eigenvalue weighted by Crippen LogP contribution is -2.05. The van der Waals surface area contributed by atoms with E-state index in [1.54, 1.807) is 6.08 Å². The van der Waals surface area contributed by atoms with Gasteiger partial charge in [-0.15, -0.1) is 0 Å². The van der Waals surface area contributed by atoms with Crippen LogP contribution in [0.25, 0.3) is 6.08 Å². The molecule has 1 aliphatic rings. The van der Waals surface area contributed by atoms with Gasteiger partial charge in [-0.25, -0.2) is 9.79 Å². The zero-order valence-electron chi connectivity index (χ0n) is 15.7. The lowest BCUT2D eigenvalue weighted by Gasteiger charge is -2.03. The van der Waals surface area contributed by atoms with Crippen molar-refractivity contribution < 1.29 is 9.53 Å². The number of cyclic esters (lactones) is 1. The van der Waals surface area contributed by atoms with E-state index in [0.29, 0.717) is 11.6 Å². The number of ether oxygens (including phenoxy) is 1. The van der Waals surface area contributed by atoms with E-state index >= 15 is 0 Å². The minimum absolute atomic E-state index is 0.320. The highest BCUT2D eigenvalue weighted by Gasteiger charge is 2.23. The van der Waals surface area contributed by atoms with Crippen molar-refractivity contribution in [3.05, 3.63) is 89.1 Å². The Kier molecular flexibility index (Phi) is 6.75. The second-order valence-corrected chi connectivity index (χ2v) is 6.64. The normalized spacial score (nSPS) is 15.4. The van der Waals surface area contributed by atoms with Gasteiger partial charge >= 0.3 is 5.97 Å². The first-order chi connectivity index (χ1) is 13.3. The zero-order valence-corrected chi connectivity index (χ0v) is 15.7. The Bertz CT molecular complexity index is 846. The first-order valence-corrected chi connectivity index (χ1v) is 9.60. The molecule has 1 heterocycles. The van der Waals surface area contributed by atoms with Gasteiger partial charge < -0.3 is 4.74 Å². The number of aryl methyl sites for hydroxylation is 1. The van der Waals surface area contributed by atoms with Crippen molar-refractivity contribution in [2.45, 2.75) is 39.0 Å². The first kappa shape index (κ1) is 18.8. The highest BCUT2D eigenvalue weighted by atomic mass is 16.6. The molecule has 3 heteroatoms. The van der Waals surface area contributed by atoms with Gasteiger partial charge in [0.2, 0.25) is 5.90 Å². The molecule has 0 aliphatic carbocycles. The van der Waals surface area contributed by atoms with Crippen molar-refractivity contribution in [1.82, 2.24) is 0 Å².